The Balaban J connectivity index is 2.60. The highest BCUT2D eigenvalue weighted by molar-refractivity contribution is 5.82. The van der Waals surface area contributed by atoms with Crippen LogP contribution in [0.15, 0.2) is 12.3 Å². The fourth-order valence-corrected chi connectivity index (χ4v) is 1.51. The van der Waals surface area contributed by atoms with Gasteiger partial charge in [0.15, 0.2) is 0 Å². The molecule has 0 fully saturated rings. The van der Waals surface area contributed by atoms with Gasteiger partial charge in [-0.1, -0.05) is 6.92 Å². The van der Waals surface area contributed by atoms with Gasteiger partial charge in [0.25, 0.3) is 0 Å². The van der Waals surface area contributed by atoms with Crippen LogP contribution in [-0.4, -0.2) is 36.0 Å². The average molecular weight is 265 g/mol. The zero-order valence-electron chi connectivity index (χ0n) is 12.1. The van der Waals surface area contributed by atoms with Crippen LogP contribution in [0.4, 0.5) is 11.8 Å². The summed E-state index contributed by atoms with van der Waals surface area (Å²) in [5, 5.41) is 8.95. The lowest BCUT2D eigenvalue weighted by Crippen LogP contribution is -2.39. The van der Waals surface area contributed by atoms with Crippen LogP contribution in [0.5, 0.6) is 0 Å². The first-order valence-corrected chi connectivity index (χ1v) is 6.52. The first kappa shape index (κ1) is 15.2. The van der Waals surface area contributed by atoms with Gasteiger partial charge in [-0.3, -0.25) is 4.79 Å². The Hall–Kier alpha value is -1.85. The largest absolute Gasteiger partial charge is 0.369 e. The SMILES string of the molecule is CCCNc1nccc(NCC(C)(C)C(=O)NC)n1. The van der Waals surface area contributed by atoms with Gasteiger partial charge in [-0.2, -0.15) is 4.98 Å². The van der Waals surface area contributed by atoms with Gasteiger partial charge in [0, 0.05) is 26.3 Å². The Kier molecular flexibility index (Phi) is 5.54. The zero-order chi connectivity index (χ0) is 14.3. The number of carbonyl (C=O) groups is 1. The minimum absolute atomic E-state index is 0.00149. The van der Waals surface area contributed by atoms with Gasteiger partial charge >= 0.3 is 0 Å². The normalized spacial score (nSPS) is 10.9. The number of anilines is 2. The molecule has 0 aliphatic carbocycles. The molecule has 1 heterocycles. The summed E-state index contributed by atoms with van der Waals surface area (Å²) in [5.41, 5.74) is -0.489. The molecule has 19 heavy (non-hydrogen) atoms. The van der Waals surface area contributed by atoms with Gasteiger partial charge in [-0.05, 0) is 26.3 Å². The molecule has 0 saturated carbocycles. The predicted octanol–water partition coefficient (Wildman–Crippen LogP) is 1.48. The molecule has 0 saturated heterocycles. The second-order valence-electron chi connectivity index (χ2n) is 5.01. The van der Waals surface area contributed by atoms with Gasteiger partial charge in [-0.25, -0.2) is 4.98 Å². The van der Waals surface area contributed by atoms with E-state index in [0.717, 1.165) is 13.0 Å². The molecule has 1 aromatic heterocycles. The van der Waals surface area contributed by atoms with Gasteiger partial charge < -0.3 is 16.0 Å². The van der Waals surface area contributed by atoms with Crippen molar-refractivity contribution in [2.24, 2.45) is 5.41 Å². The van der Waals surface area contributed by atoms with E-state index in [1.807, 2.05) is 13.8 Å². The summed E-state index contributed by atoms with van der Waals surface area (Å²) in [6, 6.07) is 1.79. The number of nitrogens with one attached hydrogen (secondary N) is 3. The van der Waals surface area contributed by atoms with Crippen molar-refractivity contribution in [1.29, 1.82) is 0 Å². The van der Waals surface area contributed by atoms with Crippen LogP contribution >= 0.6 is 0 Å². The van der Waals surface area contributed by atoms with Crippen molar-refractivity contribution in [1.82, 2.24) is 15.3 Å². The van der Waals surface area contributed by atoms with Gasteiger partial charge in [0.1, 0.15) is 5.82 Å². The summed E-state index contributed by atoms with van der Waals surface area (Å²) in [7, 11) is 1.64. The number of aromatic nitrogens is 2. The number of hydrogen-bond acceptors (Lipinski definition) is 5. The van der Waals surface area contributed by atoms with E-state index in [0.29, 0.717) is 18.3 Å². The Morgan fingerprint density at radius 2 is 2.11 bits per heavy atom. The van der Waals surface area contributed by atoms with Crippen molar-refractivity contribution in [2.45, 2.75) is 27.2 Å². The highest BCUT2D eigenvalue weighted by Crippen LogP contribution is 2.16. The lowest BCUT2D eigenvalue weighted by molar-refractivity contribution is -0.128. The third-order valence-corrected chi connectivity index (χ3v) is 2.74. The molecule has 6 heteroatoms. The van der Waals surface area contributed by atoms with Crippen LogP contribution < -0.4 is 16.0 Å². The third-order valence-electron chi connectivity index (χ3n) is 2.74. The molecule has 0 atom stereocenters. The minimum Gasteiger partial charge on any atom is -0.369 e. The molecule has 1 rings (SSSR count). The Bertz CT molecular complexity index is 419. The predicted molar refractivity (Wildman–Crippen MR) is 77.2 cm³/mol. The van der Waals surface area contributed by atoms with Crippen molar-refractivity contribution in [3.63, 3.8) is 0 Å². The van der Waals surface area contributed by atoms with Crippen LogP contribution in [0.1, 0.15) is 27.2 Å². The van der Waals surface area contributed by atoms with Crippen molar-refractivity contribution < 1.29 is 4.79 Å². The lowest BCUT2D eigenvalue weighted by Gasteiger charge is -2.23. The standard InChI is InChI=1S/C13H23N5O/c1-5-7-15-12-16-8-6-10(18-12)17-9-13(2,3)11(19)14-4/h6,8H,5,7,9H2,1-4H3,(H,14,19)(H2,15,16,17,18). The number of nitrogens with zero attached hydrogens (tertiary/aromatic N) is 2. The van der Waals surface area contributed by atoms with Crippen molar-refractivity contribution >= 4 is 17.7 Å². The number of hydrogen-bond donors (Lipinski definition) is 3. The van der Waals surface area contributed by atoms with Gasteiger partial charge in [0.05, 0.1) is 5.41 Å². The second-order valence-corrected chi connectivity index (χ2v) is 5.01. The summed E-state index contributed by atoms with van der Waals surface area (Å²) in [5.74, 6) is 1.31. The van der Waals surface area contributed by atoms with E-state index < -0.39 is 5.41 Å². The summed E-state index contributed by atoms with van der Waals surface area (Å²) >= 11 is 0. The summed E-state index contributed by atoms with van der Waals surface area (Å²) in [6.45, 7) is 7.21. The molecule has 1 aromatic rings. The van der Waals surface area contributed by atoms with Crippen molar-refractivity contribution in [2.75, 3.05) is 30.8 Å². The second kappa shape index (κ2) is 6.92. The molecular formula is C13H23N5O. The van der Waals surface area contributed by atoms with E-state index in [1.165, 1.54) is 0 Å². The van der Waals surface area contributed by atoms with Crippen LogP contribution in [0, 0.1) is 5.41 Å². The quantitative estimate of drug-likeness (QED) is 0.696. The van der Waals surface area contributed by atoms with Crippen LogP contribution in [0.3, 0.4) is 0 Å². The molecule has 6 nitrogen and oxygen atoms in total. The Labute approximate surface area is 114 Å². The fraction of sp³-hybridized carbons (Fsp3) is 0.615. The monoisotopic (exact) mass is 265 g/mol. The van der Waals surface area contributed by atoms with E-state index in [2.05, 4.69) is 32.8 Å². The minimum atomic E-state index is -0.489. The molecule has 0 bridgehead atoms. The van der Waals surface area contributed by atoms with E-state index >= 15 is 0 Å². The molecule has 0 spiro atoms. The highest BCUT2D eigenvalue weighted by Gasteiger charge is 2.26. The molecule has 1 amide bonds. The molecule has 0 aliphatic heterocycles. The first-order chi connectivity index (χ1) is 8.99. The molecular weight excluding hydrogens is 242 g/mol. The Morgan fingerprint density at radius 1 is 1.37 bits per heavy atom. The van der Waals surface area contributed by atoms with E-state index in [9.17, 15) is 4.79 Å². The Morgan fingerprint density at radius 3 is 2.74 bits per heavy atom. The maximum absolute atomic E-state index is 11.7. The van der Waals surface area contributed by atoms with Crippen LogP contribution in [0.25, 0.3) is 0 Å². The topological polar surface area (TPSA) is 78.9 Å². The highest BCUT2D eigenvalue weighted by atomic mass is 16.2. The van der Waals surface area contributed by atoms with Crippen molar-refractivity contribution in [3.05, 3.63) is 12.3 Å². The number of rotatable bonds is 7. The molecule has 0 aromatic carbocycles. The van der Waals surface area contributed by atoms with Gasteiger partial charge in [0.2, 0.25) is 11.9 Å². The van der Waals surface area contributed by atoms with Crippen LogP contribution in [-0.2, 0) is 4.79 Å². The summed E-state index contributed by atoms with van der Waals surface area (Å²) in [6.07, 6.45) is 2.71. The summed E-state index contributed by atoms with van der Waals surface area (Å²) in [4.78, 5) is 20.1. The maximum Gasteiger partial charge on any atom is 0.227 e. The lowest BCUT2D eigenvalue weighted by atomic mass is 9.92. The summed E-state index contributed by atoms with van der Waals surface area (Å²) < 4.78 is 0. The van der Waals surface area contributed by atoms with Crippen molar-refractivity contribution in [3.8, 4) is 0 Å². The molecule has 3 N–H and O–H groups in total. The fourth-order valence-electron chi connectivity index (χ4n) is 1.51. The van der Waals surface area contributed by atoms with Gasteiger partial charge in [-0.15, -0.1) is 0 Å². The van der Waals surface area contributed by atoms with E-state index in [4.69, 9.17) is 0 Å². The van der Waals surface area contributed by atoms with E-state index in [1.54, 1.807) is 19.3 Å². The molecule has 106 valence electrons. The molecule has 0 unspecified atom stereocenters. The number of amides is 1. The average Bonchev–Trinajstić information content (AvgIpc) is 2.42. The maximum atomic E-state index is 11.7. The number of carbonyl (C=O) groups excluding carboxylic acids is 1. The first-order valence-electron chi connectivity index (χ1n) is 6.52. The third kappa shape index (κ3) is 4.73. The zero-order valence-corrected chi connectivity index (χ0v) is 12.1. The molecule has 0 radical (unpaired) electrons. The smallest absolute Gasteiger partial charge is 0.227 e. The van der Waals surface area contributed by atoms with Crippen LogP contribution in [0.2, 0.25) is 0 Å². The van der Waals surface area contributed by atoms with E-state index in [-0.39, 0.29) is 5.91 Å². The molecule has 0 aliphatic rings.